The highest BCUT2D eigenvalue weighted by atomic mass is 16.6. The van der Waals surface area contributed by atoms with E-state index in [0.29, 0.717) is 45.1 Å². The minimum Gasteiger partial charge on any atom is -0.478 e. The van der Waals surface area contributed by atoms with E-state index in [1.165, 1.54) is 89.9 Å². The predicted octanol–water partition coefficient (Wildman–Crippen LogP) is 13.4. The summed E-state index contributed by atoms with van der Waals surface area (Å²) < 4.78 is 16.6. The first-order valence-corrected chi connectivity index (χ1v) is 27.7. The molecular weight excluding hydrogens is 861 g/mol. The second kappa shape index (κ2) is 42.2. The second-order valence-electron chi connectivity index (χ2n) is 19.3. The van der Waals surface area contributed by atoms with Crippen molar-refractivity contribution < 1.29 is 48.1 Å². The number of rotatable bonds is 42. The molecule has 2 unspecified atom stereocenters. The van der Waals surface area contributed by atoms with E-state index in [0.717, 1.165) is 103 Å². The van der Waals surface area contributed by atoms with Crippen LogP contribution in [-0.4, -0.2) is 71.2 Å². The maximum Gasteiger partial charge on any atom is 0.348 e. The largest absolute Gasteiger partial charge is 0.478 e. The van der Waals surface area contributed by atoms with Gasteiger partial charge < -0.3 is 30.0 Å². The van der Waals surface area contributed by atoms with Gasteiger partial charge in [0.25, 0.3) is 0 Å². The molecule has 12 nitrogen and oxygen atoms in total. The Morgan fingerprint density at radius 3 is 1.46 bits per heavy atom. The first kappa shape index (κ1) is 62.3. The number of carbonyl (C=O) groups is 6. The van der Waals surface area contributed by atoms with E-state index in [4.69, 9.17) is 14.2 Å². The molecule has 0 aromatic heterocycles. The van der Waals surface area contributed by atoms with Crippen molar-refractivity contribution in [2.45, 2.75) is 289 Å². The van der Waals surface area contributed by atoms with Crippen LogP contribution >= 0.6 is 0 Å². The molecule has 0 aromatic carbocycles. The number of amides is 2. The van der Waals surface area contributed by atoms with Crippen molar-refractivity contribution in [3.05, 3.63) is 24.3 Å². The summed E-state index contributed by atoms with van der Waals surface area (Å²) in [6.07, 6.45) is 44.2. The van der Waals surface area contributed by atoms with Gasteiger partial charge >= 0.3 is 23.9 Å². The number of unbranched alkanes of at least 4 members (excludes halogenated alkanes) is 24. The standard InChI is InChI=1S/C31H53NO5.C25H45NO5/c1-3-5-7-9-10-11-12-13-14-15-16-17-18-19-20-22-26-36-31(35)28(23-21-8-6-4-2)37-30(34)27-24-25-29(33)32-27;1-3-5-7-9-10-11-12-13-14-16-20-25(24(29)30,19-15-8-6-4-2)31-23(28)21-17-18-22(27)26-21/h10-11,13-14,27-28H,3-9,12,15-26H2,1-2H3,(H,32,33);21H,3-20H2,1-2H3,(H,26,27)(H,29,30)/b11-10-,14-13-;/t27-,28?;21-,25?/m00/s1. The van der Waals surface area contributed by atoms with E-state index < -0.39 is 47.7 Å². The zero-order chi connectivity index (χ0) is 49.9. The molecule has 2 saturated heterocycles. The summed E-state index contributed by atoms with van der Waals surface area (Å²) in [6, 6.07) is -1.36. The lowest BCUT2D eigenvalue weighted by atomic mass is 9.89. The van der Waals surface area contributed by atoms with E-state index in [-0.39, 0.29) is 18.2 Å². The lowest BCUT2D eigenvalue weighted by molar-refractivity contribution is -0.182. The quantitative estimate of drug-likeness (QED) is 0.0231. The van der Waals surface area contributed by atoms with Gasteiger partial charge in [-0.1, -0.05) is 187 Å². The molecule has 0 aromatic rings. The highest BCUT2D eigenvalue weighted by Crippen LogP contribution is 2.30. The number of hydrogen-bond donors (Lipinski definition) is 3. The van der Waals surface area contributed by atoms with Gasteiger partial charge in [-0.25, -0.2) is 19.2 Å². The maximum absolute atomic E-state index is 12.6. The van der Waals surface area contributed by atoms with Crippen LogP contribution in [0.5, 0.6) is 0 Å². The predicted molar refractivity (Wildman–Crippen MR) is 273 cm³/mol. The first-order chi connectivity index (χ1) is 33.0. The van der Waals surface area contributed by atoms with Gasteiger partial charge in [0, 0.05) is 12.8 Å². The minimum atomic E-state index is -1.47. The molecule has 2 fully saturated rings. The molecule has 0 aliphatic carbocycles. The summed E-state index contributed by atoms with van der Waals surface area (Å²) >= 11 is 0. The average molecular weight is 959 g/mol. The number of esters is 3. The molecule has 2 aliphatic rings. The molecule has 0 spiro atoms. The maximum atomic E-state index is 12.6. The van der Waals surface area contributed by atoms with Crippen LogP contribution in [0.4, 0.5) is 0 Å². The molecule has 0 radical (unpaired) electrons. The van der Waals surface area contributed by atoms with Crippen LogP contribution in [0.1, 0.15) is 265 Å². The lowest BCUT2D eigenvalue weighted by Crippen LogP contribution is -2.47. The van der Waals surface area contributed by atoms with Crippen molar-refractivity contribution in [2.75, 3.05) is 6.61 Å². The van der Waals surface area contributed by atoms with Gasteiger partial charge in [0.2, 0.25) is 17.4 Å². The Balaban J connectivity index is 0.000000691. The number of carboxylic acid groups (broad SMARTS) is 1. The molecule has 2 aliphatic heterocycles. The second-order valence-corrected chi connectivity index (χ2v) is 19.3. The summed E-state index contributed by atoms with van der Waals surface area (Å²) in [5, 5.41) is 15.2. The Kier molecular flexibility index (Phi) is 38.7. The van der Waals surface area contributed by atoms with Gasteiger partial charge in [0.1, 0.15) is 12.1 Å². The van der Waals surface area contributed by atoms with Gasteiger partial charge in [-0.3, -0.25) is 9.59 Å². The van der Waals surface area contributed by atoms with Crippen LogP contribution in [-0.2, 0) is 43.0 Å². The fourth-order valence-corrected chi connectivity index (χ4v) is 8.63. The zero-order valence-electron chi connectivity index (χ0n) is 43.5. The summed E-state index contributed by atoms with van der Waals surface area (Å²) in [4.78, 5) is 72.6. The Hall–Kier alpha value is -3.70. The summed E-state index contributed by atoms with van der Waals surface area (Å²) in [5.41, 5.74) is -1.47. The monoisotopic (exact) mass is 959 g/mol. The number of nitrogens with one attached hydrogen (secondary N) is 2. The molecule has 2 heterocycles. The van der Waals surface area contributed by atoms with Crippen molar-refractivity contribution in [2.24, 2.45) is 0 Å². The molecule has 68 heavy (non-hydrogen) atoms. The Bertz CT molecular complexity index is 1420. The van der Waals surface area contributed by atoms with E-state index in [2.05, 4.69) is 62.6 Å². The third-order valence-electron chi connectivity index (χ3n) is 13.0. The number of allylic oxidation sites excluding steroid dienone is 4. The third kappa shape index (κ3) is 31.4. The Morgan fingerprint density at radius 1 is 0.559 bits per heavy atom. The van der Waals surface area contributed by atoms with Crippen molar-refractivity contribution in [3.63, 3.8) is 0 Å². The highest BCUT2D eigenvalue weighted by Gasteiger charge is 2.44. The van der Waals surface area contributed by atoms with Crippen molar-refractivity contribution in [3.8, 4) is 0 Å². The zero-order valence-corrected chi connectivity index (χ0v) is 43.5. The molecular formula is C56H98N2O10. The smallest absolute Gasteiger partial charge is 0.348 e. The number of carbonyl (C=O) groups excluding carboxylic acids is 5. The molecule has 2 rings (SSSR count). The van der Waals surface area contributed by atoms with Crippen LogP contribution in [0.15, 0.2) is 24.3 Å². The molecule has 12 heteroatoms. The summed E-state index contributed by atoms with van der Waals surface area (Å²) in [7, 11) is 0. The van der Waals surface area contributed by atoms with Crippen LogP contribution in [0, 0.1) is 0 Å². The number of hydrogen-bond acceptors (Lipinski definition) is 9. The van der Waals surface area contributed by atoms with Crippen LogP contribution in [0.2, 0.25) is 0 Å². The number of ether oxygens (including phenoxy) is 3. The molecule has 2 amide bonds. The molecule has 4 atom stereocenters. The van der Waals surface area contributed by atoms with Crippen LogP contribution in [0.3, 0.4) is 0 Å². The third-order valence-corrected chi connectivity index (χ3v) is 13.0. The molecule has 0 bridgehead atoms. The topological polar surface area (TPSA) is 174 Å². The van der Waals surface area contributed by atoms with Crippen LogP contribution in [0.25, 0.3) is 0 Å². The fourth-order valence-electron chi connectivity index (χ4n) is 8.63. The van der Waals surface area contributed by atoms with Crippen molar-refractivity contribution in [1.82, 2.24) is 10.6 Å². The Morgan fingerprint density at radius 2 is 0.971 bits per heavy atom. The van der Waals surface area contributed by atoms with Gasteiger partial charge in [-0.2, -0.15) is 0 Å². The normalized spacial score (nSPS) is 17.1. The fraction of sp³-hybridized carbons (Fsp3) is 0.821. The van der Waals surface area contributed by atoms with E-state index in [1.807, 2.05) is 0 Å². The van der Waals surface area contributed by atoms with Gasteiger partial charge in [0.15, 0.2) is 6.10 Å². The van der Waals surface area contributed by atoms with E-state index >= 15 is 0 Å². The van der Waals surface area contributed by atoms with Crippen LogP contribution < -0.4 is 10.6 Å². The summed E-state index contributed by atoms with van der Waals surface area (Å²) in [5.74, 6) is -2.98. The van der Waals surface area contributed by atoms with Gasteiger partial charge in [-0.05, 0) is 89.9 Å². The number of carboxylic acids is 1. The van der Waals surface area contributed by atoms with Gasteiger partial charge in [0.05, 0.1) is 6.61 Å². The van der Waals surface area contributed by atoms with Gasteiger partial charge in [-0.15, -0.1) is 0 Å². The Labute approximate surface area is 413 Å². The minimum absolute atomic E-state index is 0.151. The number of aliphatic carboxylic acids is 1. The van der Waals surface area contributed by atoms with Crippen molar-refractivity contribution >= 4 is 35.7 Å². The molecule has 0 saturated carbocycles. The SMILES string of the molecule is CCCCC/C=C\C/C=C\CCCCCCCCOC(=O)C(CCCCCC)OC(=O)[C@@H]1CCC(=O)N1.CCCCCCCCCCCCC(CCCCCC)(OC(=O)[C@@H]1CCC(=O)N1)C(=O)O. The van der Waals surface area contributed by atoms with E-state index in [9.17, 15) is 33.9 Å². The average Bonchev–Trinajstić information content (AvgIpc) is 3.98. The lowest BCUT2D eigenvalue weighted by Gasteiger charge is -2.30. The summed E-state index contributed by atoms with van der Waals surface area (Å²) in [6.45, 7) is 9.05. The molecule has 3 N–H and O–H groups in total. The van der Waals surface area contributed by atoms with E-state index in [1.54, 1.807) is 0 Å². The molecule has 392 valence electrons. The highest BCUT2D eigenvalue weighted by molar-refractivity contribution is 5.90. The first-order valence-electron chi connectivity index (χ1n) is 27.7. The van der Waals surface area contributed by atoms with Crippen molar-refractivity contribution in [1.29, 1.82) is 0 Å².